The van der Waals surface area contributed by atoms with Crippen molar-refractivity contribution in [3.8, 4) is 0 Å². The first-order valence-corrected chi connectivity index (χ1v) is 11.4. The Labute approximate surface area is 181 Å². The molecule has 3 rings (SSSR count). The van der Waals surface area contributed by atoms with Crippen molar-refractivity contribution in [2.75, 3.05) is 25.0 Å². The number of carbonyl (C=O) groups is 2. The molecule has 2 N–H and O–H groups in total. The highest BCUT2D eigenvalue weighted by Gasteiger charge is 2.21. The van der Waals surface area contributed by atoms with E-state index in [1.165, 1.54) is 28.6 Å². The molecule has 0 saturated heterocycles. The number of hydrogen-bond donors (Lipinski definition) is 2. The van der Waals surface area contributed by atoms with E-state index in [0.717, 1.165) is 10.9 Å². The van der Waals surface area contributed by atoms with Crippen LogP contribution in [0.2, 0.25) is 0 Å². The van der Waals surface area contributed by atoms with Gasteiger partial charge >= 0.3 is 5.97 Å². The number of nitrogens with one attached hydrogen (secondary N) is 2. The predicted octanol–water partition coefficient (Wildman–Crippen LogP) is 3.30. The van der Waals surface area contributed by atoms with Crippen molar-refractivity contribution in [2.24, 2.45) is 0 Å². The number of ether oxygens (including phenoxy) is 1. The quantitative estimate of drug-likeness (QED) is 0.519. The van der Waals surface area contributed by atoms with Gasteiger partial charge in [-0.1, -0.05) is 32.0 Å². The number of carbonyl (C=O) groups excluding carboxylic acids is 2. The molecule has 0 fully saturated rings. The number of rotatable bonds is 8. The van der Waals surface area contributed by atoms with Crippen molar-refractivity contribution in [2.45, 2.75) is 25.7 Å². The van der Waals surface area contributed by atoms with Gasteiger partial charge in [-0.3, -0.25) is 4.79 Å². The first-order chi connectivity index (χ1) is 14.8. The number of fused-ring (bicyclic) bond motifs is 1. The third-order valence-corrected chi connectivity index (χ3v) is 6.98. The van der Waals surface area contributed by atoms with Gasteiger partial charge in [0.2, 0.25) is 10.0 Å². The van der Waals surface area contributed by atoms with Gasteiger partial charge in [0.05, 0.1) is 10.5 Å². The maximum absolute atomic E-state index is 12.5. The van der Waals surface area contributed by atoms with Crippen molar-refractivity contribution in [1.29, 1.82) is 0 Å². The lowest BCUT2D eigenvalue weighted by atomic mass is 10.1. The molecule has 0 atom stereocenters. The standard InChI is InChI=1S/C22H25N3O5S/c1-4-25(5-2)31(28,29)17-12-10-16(11-13-17)24-20(26)14-30-22(27)21-15(3)23-19-9-7-6-8-18(19)21/h6-13,23H,4-5,14H2,1-3H3,(H,24,26). The van der Waals surface area contributed by atoms with Crippen LogP contribution in [0.1, 0.15) is 29.9 Å². The number of aryl methyl sites for hydroxylation is 1. The molecule has 2 aromatic carbocycles. The molecule has 0 saturated carbocycles. The molecule has 31 heavy (non-hydrogen) atoms. The molecule has 0 bridgehead atoms. The van der Waals surface area contributed by atoms with Crippen LogP contribution < -0.4 is 5.32 Å². The van der Waals surface area contributed by atoms with E-state index in [1.54, 1.807) is 20.8 Å². The van der Waals surface area contributed by atoms with Gasteiger partial charge in [-0.25, -0.2) is 13.2 Å². The molecule has 0 spiro atoms. The Morgan fingerprint density at radius 2 is 1.68 bits per heavy atom. The third kappa shape index (κ3) is 4.78. The van der Waals surface area contributed by atoms with Gasteiger partial charge in [-0.15, -0.1) is 0 Å². The fraction of sp³-hybridized carbons (Fsp3) is 0.273. The summed E-state index contributed by atoms with van der Waals surface area (Å²) >= 11 is 0. The maximum atomic E-state index is 12.5. The van der Waals surface area contributed by atoms with Gasteiger partial charge in [0, 0.05) is 35.4 Å². The first-order valence-electron chi connectivity index (χ1n) is 9.92. The topological polar surface area (TPSA) is 109 Å². The van der Waals surface area contributed by atoms with Gasteiger partial charge in [0.25, 0.3) is 5.91 Å². The molecule has 0 aliphatic heterocycles. The Morgan fingerprint density at radius 3 is 2.32 bits per heavy atom. The number of amides is 1. The summed E-state index contributed by atoms with van der Waals surface area (Å²) in [6.07, 6.45) is 0. The molecule has 0 unspecified atom stereocenters. The molecule has 8 nitrogen and oxygen atoms in total. The van der Waals surface area contributed by atoms with Crippen LogP contribution >= 0.6 is 0 Å². The largest absolute Gasteiger partial charge is 0.452 e. The zero-order valence-electron chi connectivity index (χ0n) is 17.6. The van der Waals surface area contributed by atoms with E-state index >= 15 is 0 Å². The second kappa shape index (κ2) is 9.32. The Kier molecular flexibility index (Phi) is 6.77. The SMILES string of the molecule is CCN(CC)S(=O)(=O)c1ccc(NC(=O)COC(=O)c2c(C)[nH]c3ccccc23)cc1. The van der Waals surface area contributed by atoms with E-state index in [2.05, 4.69) is 10.3 Å². The molecule has 0 radical (unpaired) electrons. The van der Waals surface area contributed by atoms with E-state index in [4.69, 9.17) is 4.74 Å². The van der Waals surface area contributed by atoms with Crippen LogP contribution in [0.25, 0.3) is 10.9 Å². The van der Waals surface area contributed by atoms with E-state index < -0.39 is 28.5 Å². The number of nitrogens with zero attached hydrogens (tertiary/aromatic N) is 1. The normalized spacial score (nSPS) is 11.6. The van der Waals surface area contributed by atoms with E-state index in [-0.39, 0.29) is 4.90 Å². The van der Waals surface area contributed by atoms with Crippen LogP contribution in [-0.4, -0.2) is 49.3 Å². The molecular weight excluding hydrogens is 418 g/mol. The lowest BCUT2D eigenvalue weighted by molar-refractivity contribution is -0.119. The zero-order chi connectivity index (χ0) is 22.6. The lowest BCUT2D eigenvalue weighted by Gasteiger charge is -2.18. The number of aromatic amines is 1. The molecule has 9 heteroatoms. The molecule has 164 valence electrons. The van der Waals surface area contributed by atoms with Gasteiger partial charge in [-0.05, 0) is 37.3 Å². The summed E-state index contributed by atoms with van der Waals surface area (Å²) < 4.78 is 31.6. The highest BCUT2D eigenvalue weighted by Crippen LogP contribution is 2.23. The van der Waals surface area contributed by atoms with Crippen molar-refractivity contribution in [3.05, 3.63) is 59.8 Å². The Hall–Kier alpha value is -3.17. The number of H-pyrrole nitrogens is 1. The highest BCUT2D eigenvalue weighted by molar-refractivity contribution is 7.89. The van der Waals surface area contributed by atoms with Crippen molar-refractivity contribution < 1.29 is 22.7 Å². The summed E-state index contributed by atoms with van der Waals surface area (Å²) in [6, 6.07) is 13.2. The maximum Gasteiger partial charge on any atom is 0.341 e. The number of sulfonamides is 1. The minimum atomic E-state index is -3.57. The van der Waals surface area contributed by atoms with Gasteiger partial charge in [0.1, 0.15) is 0 Å². The molecular formula is C22H25N3O5S. The summed E-state index contributed by atoms with van der Waals surface area (Å²) in [5, 5.41) is 3.33. The van der Waals surface area contributed by atoms with Crippen LogP contribution in [0.15, 0.2) is 53.4 Å². The number of anilines is 1. The average Bonchev–Trinajstić information content (AvgIpc) is 3.09. The summed E-state index contributed by atoms with van der Waals surface area (Å²) in [5.74, 6) is -1.11. The number of esters is 1. The Morgan fingerprint density at radius 1 is 1.03 bits per heavy atom. The van der Waals surface area contributed by atoms with E-state index in [0.29, 0.717) is 30.0 Å². The first kappa shape index (κ1) is 22.5. The van der Waals surface area contributed by atoms with Crippen molar-refractivity contribution >= 4 is 38.5 Å². The number of benzene rings is 2. The number of para-hydroxylation sites is 1. The van der Waals surface area contributed by atoms with Gasteiger partial charge in [-0.2, -0.15) is 4.31 Å². The monoisotopic (exact) mass is 443 g/mol. The fourth-order valence-electron chi connectivity index (χ4n) is 3.36. The van der Waals surface area contributed by atoms with Crippen LogP contribution in [0.5, 0.6) is 0 Å². The van der Waals surface area contributed by atoms with E-state index in [9.17, 15) is 18.0 Å². The van der Waals surface area contributed by atoms with E-state index in [1.807, 2.05) is 24.3 Å². The smallest absolute Gasteiger partial charge is 0.341 e. The van der Waals surface area contributed by atoms with Gasteiger partial charge in [0.15, 0.2) is 6.61 Å². The van der Waals surface area contributed by atoms with Crippen LogP contribution in [0.4, 0.5) is 5.69 Å². The summed E-state index contributed by atoms with van der Waals surface area (Å²) in [6.45, 7) is 5.60. The predicted molar refractivity (Wildman–Crippen MR) is 118 cm³/mol. The molecule has 0 aliphatic rings. The third-order valence-electron chi connectivity index (χ3n) is 4.91. The van der Waals surface area contributed by atoms with Gasteiger partial charge < -0.3 is 15.0 Å². The molecule has 1 aromatic heterocycles. The number of aromatic nitrogens is 1. The van der Waals surface area contributed by atoms with Crippen molar-refractivity contribution in [1.82, 2.24) is 9.29 Å². The highest BCUT2D eigenvalue weighted by atomic mass is 32.2. The molecule has 0 aliphatic carbocycles. The second-order valence-corrected chi connectivity index (χ2v) is 8.85. The van der Waals surface area contributed by atoms with Crippen LogP contribution in [0, 0.1) is 6.92 Å². The minimum Gasteiger partial charge on any atom is -0.452 e. The summed E-state index contributed by atoms with van der Waals surface area (Å²) in [4.78, 5) is 27.9. The lowest BCUT2D eigenvalue weighted by Crippen LogP contribution is -2.30. The fourth-order valence-corrected chi connectivity index (χ4v) is 4.82. The Bertz CT molecular complexity index is 1200. The summed E-state index contributed by atoms with van der Waals surface area (Å²) in [7, 11) is -3.57. The molecule has 3 aromatic rings. The zero-order valence-corrected chi connectivity index (χ0v) is 18.5. The summed E-state index contributed by atoms with van der Waals surface area (Å²) in [5.41, 5.74) is 2.28. The molecule has 1 amide bonds. The van der Waals surface area contributed by atoms with Crippen molar-refractivity contribution in [3.63, 3.8) is 0 Å². The average molecular weight is 444 g/mol. The minimum absolute atomic E-state index is 0.149. The number of hydrogen-bond acceptors (Lipinski definition) is 5. The second-order valence-electron chi connectivity index (χ2n) is 6.91. The van der Waals surface area contributed by atoms with Crippen LogP contribution in [0.3, 0.4) is 0 Å². The Balaban J connectivity index is 1.62. The van der Waals surface area contributed by atoms with Crippen LogP contribution in [-0.2, 0) is 19.6 Å². The molecule has 1 heterocycles.